The Kier molecular flexibility index (Phi) is 6.46. The summed E-state index contributed by atoms with van der Waals surface area (Å²) in [6.45, 7) is 3.99. The van der Waals surface area contributed by atoms with Gasteiger partial charge in [0, 0.05) is 6.42 Å². The van der Waals surface area contributed by atoms with Crippen LogP contribution in [0.25, 0.3) is 0 Å². The predicted molar refractivity (Wildman–Crippen MR) is 70.5 cm³/mol. The van der Waals surface area contributed by atoms with Gasteiger partial charge in [-0.15, -0.1) is 0 Å². The van der Waals surface area contributed by atoms with E-state index in [0.29, 0.717) is 25.0 Å². The Morgan fingerprint density at radius 1 is 1.21 bits per heavy atom. The normalized spacial score (nSPS) is 12.2. The fraction of sp³-hybridized carbons (Fsp3) is 0.533. The van der Waals surface area contributed by atoms with Crippen molar-refractivity contribution in [3.63, 3.8) is 0 Å². The van der Waals surface area contributed by atoms with Gasteiger partial charge in [0.1, 0.15) is 6.29 Å². The molecule has 1 rings (SSSR count). The van der Waals surface area contributed by atoms with Crippen molar-refractivity contribution in [2.45, 2.75) is 45.4 Å². The molecule has 4 heteroatoms. The average Bonchev–Trinajstić information content (AvgIpc) is 2.41. The highest BCUT2D eigenvalue weighted by Gasteiger charge is 2.20. The Hall–Kier alpha value is -1.45. The van der Waals surface area contributed by atoms with Crippen molar-refractivity contribution >= 4 is 6.29 Å². The molecule has 106 valence electrons. The van der Waals surface area contributed by atoms with Crippen LogP contribution in [0.15, 0.2) is 12.1 Å². The highest BCUT2D eigenvalue weighted by Crippen LogP contribution is 2.32. The van der Waals surface area contributed by atoms with E-state index in [0.717, 1.165) is 19.1 Å². The average molecular weight is 270 g/mol. The quantitative estimate of drug-likeness (QED) is 0.661. The van der Waals surface area contributed by atoms with Gasteiger partial charge in [0.15, 0.2) is 11.6 Å². The molecule has 1 aromatic carbocycles. The molecule has 2 nitrogen and oxygen atoms in total. The maximum absolute atomic E-state index is 14.0. The number of rotatable bonds is 8. The molecule has 19 heavy (non-hydrogen) atoms. The van der Waals surface area contributed by atoms with E-state index in [1.54, 1.807) is 13.0 Å². The second-order valence-electron chi connectivity index (χ2n) is 4.44. The number of aldehydes is 1. The van der Waals surface area contributed by atoms with Crippen molar-refractivity contribution < 1.29 is 18.3 Å². The van der Waals surface area contributed by atoms with E-state index < -0.39 is 11.6 Å². The Morgan fingerprint density at radius 2 is 1.95 bits per heavy atom. The van der Waals surface area contributed by atoms with E-state index in [1.165, 1.54) is 6.07 Å². The highest BCUT2D eigenvalue weighted by atomic mass is 19.2. The summed E-state index contributed by atoms with van der Waals surface area (Å²) < 4.78 is 32.9. The van der Waals surface area contributed by atoms with Crippen LogP contribution in [0.5, 0.6) is 5.75 Å². The molecule has 1 aromatic rings. The first-order valence-corrected chi connectivity index (χ1v) is 6.69. The van der Waals surface area contributed by atoms with Crippen molar-refractivity contribution in [3.05, 3.63) is 29.3 Å². The molecule has 0 radical (unpaired) electrons. The van der Waals surface area contributed by atoms with Crippen LogP contribution in [0.2, 0.25) is 0 Å². The largest absolute Gasteiger partial charge is 0.491 e. The second kappa shape index (κ2) is 7.87. The van der Waals surface area contributed by atoms with Gasteiger partial charge in [0.05, 0.1) is 6.61 Å². The lowest BCUT2D eigenvalue weighted by atomic mass is 9.90. The first kappa shape index (κ1) is 15.6. The third kappa shape index (κ3) is 4.01. The molecule has 0 fully saturated rings. The fourth-order valence-electron chi connectivity index (χ4n) is 2.20. The second-order valence-corrected chi connectivity index (χ2v) is 4.44. The zero-order chi connectivity index (χ0) is 14.3. The minimum Gasteiger partial charge on any atom is -0.491 e. The van der Waals surface area contributed by atoms with Crippen LogP contribution in [0.1, 0.15) is 51.0 Å². The third-order valence-corrected chi connectivity index (χ3v) is 3.09. The number of hydrogen-bond donors (Lipinski definition) is 0. The van der Waals surface area contributed by atoms with Crippen LogP contribution in [-0.2, 0) is 4.79 Å². The van der Waals surface area contributed by atoms with Gasteiger partial charge in [0.25, 0.3) is 0 Å². The predicted octanol–water partition coefficient (Wildman–Crippen LogP) is 4.23. The Bertz CT molecular complexity index is 419. The summed E-state index contributed by atoms with van der Waals surface area (Å²) in [4.78, 5) is 10.4. The number of ether oxygens (including phenoxy) is 1. The molecule has 0 N–H and O–H groups in total. The van der Waals surface area contributed by atoms with Crippen LogP contribution in [-0.4, -0.2) is 12.9 Å². The summed E-state index contributed by atoms with van der Waals surface area (Å²) >= 11 is 0. The van der Waals surface area contributed by atoms with Crippen molar-refractivity contribution in [1.29, 1.82) is 0 Å². The van der Waals surface area contributed by atoms with Crippen LogP contribution in [0.3, 0.4) is 0 Å². The molecule has 0 aliphatic rings. The maximum Gasteiger partial charge on any atom is 0.200 e. The van der Waals surface area contributed by atoms with E-state index in [4.69, 9.17) is 4.74 Å². The summed E-state index contributed by atoms with van der Waals surface area (Å²) in [5, 5.41) is 0. The smallest absolute Gasteiger partial charge is 0.200 e. The molecule has 1 unspecified atom stereocenters. The van der Waals surface area contributed by atoms with E-state index in [2.05, 4.69) is 0 Å². The number of benzene rings is 1. The SMILES string of the molecule is CCCC(CCC=O)c1ccc(OCC)c(F)c1F. The molecule has 0 spiro atoms. The van der Waals surface area contributed by atoms with Crippen LogP contribution in [0.4, 0.5) is 8.78 Å². The van der Waals surface area contributed by atoms with Crippen LogP contribution >= 0.6 is 0 Å². The molecule has 0 amide bonds. The van der Waals surface area contributed by atoms with E-state index in [1.807, 2.05) is 6.92 Å². The Morgan fingerprint density at radius 3 is 2.53 bits per heavy atom. The fourth-order valence-corrected chi connectivity index (χ4v) is 2.20. The minimum absolute atomic E-state index is 0.0608. The van der Waals surface area contributed by atoms with Crippen molar-refractivity contribution in [2.24, 2.45) is 0 Å². The summed E-state index contributed by atoms with van der Waals surface area (Å²) in [6.07, 6.45) is 3.31. The molecule has 0 heterocycles. The van der Waals surface area contributed by atoms with Gasteiger partial charge in [-0.25, -0.2) is 4.39 Å². The molecular formula is C15H20F2O2. The Balaban J connectivity index is 3.02. The number of hydrogen-bond acceptors (Lipinski definition) is 2. The molecule has 1 atom stereocenters. The number of carbonyl (C=O) groups is 1. The number of carbonyl (C=O) groups excluding carboxylic acids is 1. The van der Waals surface area contributed by atoms with Crippen molar-refractivity contribution in [3.8, 4) is 5.75 Å². The van der Waals surface area contributed by atoms with Gasteiger partial charge in [-0.2, -0.15) is 4.39 Å². The highest BCUT2D eigenvalue weighted by molar-refractivity contribution is 5.49. The lowest BCUT2D eigenvalue weighted by Gasteiger charge is -2.17. The third-order valence-electron chi connectivity index (χ3n) is 3.09. The van der Waals surface area contributed by atoms with Gasteiger partial charge in [-0.1, -0.05) is 19.4 Å². The molecule has 0 aliphatic carbocycles. The zero-order valence-electron chi connectivity index (χ0n) is 11.4. The summed E-state index contributed by atoms with van der Waals surface area (Å²) in [5.41, 5.74) is 0.338. The lowest BCUT2D eigenvalue weighted by molar-refractivity contribution is -0.108. The molecule has 0 saturated heterocycles. The first-order chi connectivity index (χ1) is 9.15. The standard InChI is InChI=1S/C15H20F2O2/c1-3-6-11(7-5-10-18)12-8-9-13(19-4-2)15(17)14(12)16/h8-11H,3-7H2,1-2H3. The van der Waals surface area contributed by atoms with Gasteiger partial charge in [-0.3, -0.25) is 0 Å². The van der Waals surface area contributed by atoms with Crippen LogP contribution in [0, 0.1) is 11.6 Å². The lowest BCUT2D eigenvalue weighted by Crippen LogP contribution is -2.06. The van der Waals surface area contributed by atoms with E-state index in [9.17, 15) is 13.6 Å². The topological polar surface area (TPSA) is 26.3 Å². The molecule has 0 saturated carbocycles. The van der Waals surface area contributed by atoms with E-state index >= 15 is 0 Å². The molecule has 0 aliphatic heterocycles. The zero-order valence-corrected chi connectivity index (χ0v) is 11.4. The molecule has 0 aromatic heterocycles. The van der Waals surface area contributed by atoms with Gasteiger partial charge >= 0.3 is 0 Å². The molecule has 0 bridgehead atoms. The van der Waals surface area contributed by atoms with Gasteiger partial charge in [0.2, 0.25) is 5.82 Å². The summed E-state index contributed by atoms with van der Waals surface area (Å²) in [5.74, 6) is -1.98. The van der Waals surface area contributed by atoms with E-state index in [-0.39, 0.29) is 11.7 Å². The monoisotopic (exact) mass is 270 g/mol. The Labute approximate surface area is 112 Å². The van der Waals surface area contributed by atoms with Crippen molar-refractivity contribution in [2.75, 3.05) is 6.61 Å². The molecular weight excluding hydrogens is 250 g/mol. The summed E-state index contributed by atoms with van der Waals surface area (Å²) in [6, 6.07) is 3.02. The summed E-state index contributed by atoms with van der Waals surface area (Å²) in [7, 11) is 0. The van der Waals surface area contributed by atoms with Crippen molar-refractivity contribution in [1.82, 2.24) is 0 Å². The van der Waals surface area contributed by atoms with Gasteiger partial charge in [-0.05, 0) is 37.3 Å². The minimum atomic E-state index is -0.938. The van der Waals surface area contributed by atoms with Gasteiger partial charge < -0.3 is 9.53 Å². The van der Waals surface area contributed by atoms with Crippen LogP contribution < -0.4 is 4.74 Å². The number of halogens is 2. The first-order valence-electron chi connectivity index (χ1n) is 6.69. The maximum atomic E-state index is 14.0.